The van der Waals surface area contributed by atoms with E-state index in [0.717, 1.165) is 0 Å². The number of aromatic nitrogens is 3. The molecule has 1 amide bonds. The molecule has 100 valence electrons. The number of para-hydroxylation sites is 1. The van der Waals surface area contributed by atoms with Gasteiger partial charge < -0.3 is 5.32 Å². The molecule has 2 aromatic rings. The van der Waals surface area contributed by atoms with Gasteiger partial charge in [0.2, 0.25) is 0 Å². The van der Waals surface area contributed by atoms with Gasteiger partial charge >= 0.3 is 12.1 Å². The summed E-state index contributed by atoms with van der Waals surface area (Å²) in [6, 6.07) is 6.00. The van der Waals surface area contributed by atoms with Gasteiger partial charge in [-0.15, -0.1) is 0 Å². The molecule has 8 heteroatoms. The van der Waals surface area contributed by atoms with Crippen LogP contribution in [0.2, 0.25) is 0 Å². The predicted molar refractivity (Wildman–Crippen MR) is 61.2 cm³/mol. The molecule has 0 bridgehead atoms. The van der Waals surface area contributed by atoms with Crippen LogP contribution in [-0.4, -0.2) is 27.3 Å². The number of benzene rings is 1. The van der Waals surface area contributed by atoms with Crippen molar-refractivity contribution in [2.24, 2.45) is 0 Å². The van der Waals surface area contributed by atoms with Crippen LogP contribution in [0.3, 0.4) is 0 Å². The first kappa shape index (κ1) is 13.1. The number of nitrogens with zero attached hydrogens (tertiary/aromatic N) is 2. The SMILES string of the molecule is Cc1nc(-c2ccccc2NC(=O)C(F)(F)F)n[nH]1. The fourth-order valence-electron chi connectivity index (χ4n) is 1.44. The number of amides is 1. The van der Waals surface area contributed by atoms with E-state index in [1.807, 2.05) is 0 Å². The topological polar surface area (TPSA) is 70.7 Å². The van der Waals surface area contributed by atoms with Gasteiger partial charge in [0.1, 0.15) is 5.82 Å². The van der Waals surface area contributed by atoms with E-state index in [2.05, 4.69) is 15.2 Å². The van der Waals surface area contributed by atoms with E-state index in [9.17, 15) is 18.0 Å². The fourth-order valence-corrected chi connectivity index (χ4v) is 1.44. The van der Waals surface area contributed by atoms with E-state index in [1.54, 1.807) is 18.3 Å². The lowest BCUT2D eigenvalue weighted by Crippen LogP contribution is -2.30. The maximum Gasteiger partial charge on any atom is 0.471 e. The van der Waals surface area contributed by atoms with Gasteiger partial charge in [-0.25, -0.2) is 4.98 Å². The summed E-state index contributed by atoms with van der Waals surface area (Å²) in [6.45, 7) is 1.66. The molecule has 0 saturated carbocycles. The Kier molecular flexibility index (Phi) is 3.24. The number of hydrogen-bond acceptors (Lipinski definition) is 3. The Labute approximate surface area is 105 Å². The van der Waals surface area contributed by atoms with Crippen LogP contribution in [0.25, 0.3) is 11.4 Å². The predicted octanol–water partition coefficient (Wildman–Crippen LogP) is 2.28. The zero-order valence-corrected chi connectivity index (χ0v) is 9.75. The highest BCUT2D eigenvalue weighted by atomic mass is 19.4. The van der Waals surface area contributed by atoms with Gasteiger partial charge in [-0.2, -0.15) is 18.3 Å². The standard InChI is InChI=1S/C11H9F3N4O/c1-6-15-9(18-17-6)7-4-2-3-5-8(7)16-10(19)11(12,13)14/h2-5H,1H3,(H,16,19)(H,15,17,18). The van der Waals surface area contributed by atoms with Crippen molar-refractivity contribution in [3.63, 3.8) is 0 Å². The summed E-state index contributed by atoms with van der Waals surface area (Å²) in [5.41, 5.74) is 0.313. The molecular formula is C11H9F3N4O. The molecule has 2 rings (SSSR count). The number of nitrogens with one attached hydrogen (secondary N) is 2. The number of anilines is 1. The lowest BCUT2D eigenvalue weighted by Gasteiger charge is -2.10. The summed E-state index contributed by atoms with van der Waals surface area (Å²) in [7, 11) is 0. The molecule has 1 aromatic heterocycles. The summed E-state index contributed by atoms with van der Waals surface area (Å²) in [4.78, 5) is 14.9. The number of H-pyrrole nitrogens is 1. The minimum Gasteiger partial charge on any atom is -0.318 e. The third-order valence-electron chi connectivity index (χ3n) is 2.27. The van der Waals surface area contributed by atoms with Gasteiger partial charge in [-0.3, -0.25) is 9.89 Å². The van der Waals surface area contributed by atoms with Crippen molar-refractivity contribution < 1.29 is 18.0 Å². The molecule has 0 spiro atoms. The van der Waals surface area contributed by atoms with E-state index < -0.39 is 12.1 Å². The van der Waals surface area contributed by atoms with Crippen LogP contribution in [0, 0.1) is 6.92 Å². The smallest absolute Gasteiger partial charge is 0.318 e. The number of aryl methyl sites for hydroxylation is 1. The normalized spacial score (nSPS) is 11.4. The second-order valence-corrected chi connectivity index (χ2v) is 3.74. The first-order valence-electron chi connectivity index (χ1n) is 5.24. The molecule has 0 aliphatic rings. The maximum absolute atomic E-state index is 12.2. The zero-order valence-electron chi connectivity index (χ0n) is 9.75. The van der Waals surface area contributed by atoms with Crippen molar-refractivity contribution in [2.45, 2.75) is 13.1 Å². The Morgan fingerprint density at radius 2 is 2.00 bits per heavy atom. The molecule has 0 aliphatic heterocycles. The number of carbonyl (C=O) groups excluding carboxylic acids is 1. The molecule has 0 fully saturated rings. The minimum absolute atomic E-state index is 0.00354. The van der Waals surface area contributed by atoms with Crippen molar-refractivity contribution >= 4 is 11.6 Å². The molecule has 0 aliphatic carbocycles. The number of aromatic amines is 1. The molecule has 1 heterocycles. The van der Waals surface area contributed by atoms with Crippen molar-refractivity contribution in [3.8, 4) is 11.4 Å². The second-order valence-electron chi connectivity index (χ2n) is 3.74. The lowest BCUT2D eigenvalue weighted by molar-refractivity contribution is -0.167. The van der Waals surface area contributed by atoms with E-state index in [1.165, 1.54) is 18.2 Å². The van der Waals surface area contributed by atoms with Crippen LogP contribution in [0.1, 0.15) is 5.82 Å². The quantitative estimate of drug-likeness (QED) is 0.879. The van der Waals surface area contributed by atoms with Gasteiger partial charge in [0.15, 0.2) is 5.82 Å². The van der Waals surface area contributed by atoms with Gasteiger partial charge in [0, 0.05) is 5.56 Å². The third kappa shape index (κ3) is 2.90. The molecule has 0 atom stereocenters. The van der Waals surface area contributed by atoms with Gasteiger partial charge in [-0.1, -0.05) is 12.1 Å². The minimum atomic E-state index is -4.94. The molecule has 2 N–H and O–H groups in total. The Morgan fingerprint density at radius 3 is 2.58 bits per heavy atom. The largest absolute Gasteiger partial charge is 0.471 e. The average Bonchev–Trinajstić information content (AvgIpc) is 2.75. The number of halogens is 3. The van der Waals surface area contributed by atoms with Crippen LogP contribution >= 0.6 is 0 Å². The summed E-state index contributed by atoms with van der Waals surface area (Å²) < 4.78 is 36.7. The van der Waals surface area contributed by atoms with Gasteiger partial charge in [0.05, 0.1) is 5.69 Å². The summed E-state index contributed by atoms with van der Waals surface area (Å²) >= 11 is 0. The van der Waals surface area contributed by atoms with Gasteiger partial charge in [0.25, 0.3) is 0 Å². The summed E-state index contributed by atoms with van der Waals surface area (Å²) in [6.07, 6.45) is -4.94. The Bertz CT molecular complexity index is 606. The van der Waals surface area contributed by atoms with Crippen LogP contribution in [-0.2, 0) is 4.79 Å². The van der Waals surface area contributed by atoms with E-state index in [0.29, 0.717) is 11.4 Å². The molecule has 0 unspecified atom stereocenters. The van der Waals surface area contributed by atoms with Crippen LogP contribution in [0.5, 0.6) is 0 Å². The monoisotopic (exact) mass is 270 g/mol. The molecular weight excluding hydrogens is 261 g/mol. The summed E-state index contributed by atoms with van der Waals surface area (Å²) in [5, 5.41) is 8.23. The molecule has 1 aromatic carbocycles. The maximum atomic E-state index is 12.2. The van der Waals surface area contributed by atoms with Crippen molar-refractivity contribution in [2.75, 3.05) is 5.32 Å². The van der Waals surface area contributed by atoms with Crippen LogP contribution in [0.4, 0.5) is 18.9 Å². The Hall–Kier alpha value is -2.38. The molecule has 0 radical (unpaired) electrons. The first-order chi connectivity index (χ1) is 8.88. The van der Waals surface area contributed by atoms with E-state index in [-0.39, 0.29) is 11.5 Å². The summed E-state index contributed by atoms with van der Waals surface area (Å²) in [5.74, 6) is -1.30. The first-order valence-corrected chi connectivity index (χ1v) is 5.24. The Balaban J connectivity index is 2.35. The Morgan fingerprint density at radius 1 is 1.32 bits per heavy atom. The molecule has 0 saturated heterocycles. The van der Waals surface area contributed by atoms with Crippen molar-refractivity contribution in [1.29, 1.82) is 0 Å². The number of carbonyl (C=O) groups is 1. The van der Waals surface area contributed by atoms with E-state index >= 15 is 0 Å². The van der Waals surface area contributed by atoms with E-state index in [4.69, 9.17) is 0 Å². The number of rotatable bonds is 2. The zero-order chi connectivity index (χ0) is 14.0. The van der Waals surface area contributed by atoms with Crippen LogP contribution < -0.4 is 5.32 Å². The number of alkyl halides is 3. The van der Waals surface area contributed by atoms with Gasteiger partial charge in [-0.05, 0) is 19.1 Å². The molecule has 5 nitrogen and oxygen atoms in total. The van der Waals surface area contributed by atoms with Crippen LogP contribution in [0.15, 0.2) is 24.3 Å². The highest BCUT2D eigenvalue weighted by molar-refractivity contribution is 5.98. The van der Waals surface area contributed by atoms with Crippen molar-refractivity contribution in [3.05, 3.63) is 30.1 Å². The molecule has 19 heavy (non-hydrogen) atoms. The fraction of sp³-hybridized carbons (Fsp3) is 0.182. The highest BCUT2D eigenvalue weighted by Gasteiger charge is 2.39. The second kappa shape index (κ2) is 4.71. The lowest BCUT2D eigenvalue weighted by atomic mass is 10.1. The average molecular weight is 270 g/mol. The highest BCUT2D eigenvalue weighted by Crippen LogP contribution is 2.26. The van der Waals surface area contributed by atoms with Crippen molar-refractivity contribution in [1.82, 2.24) is 15.2 Å². The third-order valence-corrected chi connectivity index (χ3v) is 2.27. The number of hydrogen-bond donors (Lipinski definition) is 2.